The molecule has 2 heterocycles. The van der Waals surface area contributed by atoms with Crippen LogP contribution < -0.4 is 20.1 Å². The third-order valence-corrected chi connectivity index (χ3v) is 4.36. The van der Waals surface area contributed by atoms with E-state index in [9.17, 15) is 4.79 Å². The number of nitrogens with zero attached hydrogens (tertiary/aromatic N) is 2. The van der Waals surface area contributed by atoms with Crippen LogP contribution in [-0.2, 0) is 0 Å². The Kier molecular flexibility index (Phi) is 4.57. The summed E-state index contributed by atoms with van der Waals surface area (Å²) in [7, 11) is 0. The molecule has 0 spiro atoms. The molecule has 7 heteroatoms. The number of aryl methyl sites for hydroxylation is 3. The second-order valence-electron chi connectivity index (χ2n) is 6.68. The monoisotopic (exact) mass is 376 g/mol. The largest absolute Gasteiger partial charge is 0.454 e. The molecule has 7 nitrogen and oxygen atoms in total. The maximum atomic E-state index is 12.7. The summed E-state index contributed by atoms with van der Waals surface area (Å²) in [5, 5.41) is 6.04. The normalized spacial score (nSPS) is 12.0. The Labute approximate surface area is 162 Å². The van der Waals surface area contributed by atoms with Crippen LogP contribution in [0.2, 0.25) is 0 Å². The van der Waals surface area contributed by atoms with Gasteiger partial charge in [-0.3, -0.25) is 4.79 Å². The second kappa shape index (κ2) is 7.19. The van der Waals surface area contributed by atoms with E-state index in [1.165, 1.54) is 0 Å². The fraction of sp³-hybridized carbons (Fsp3) is 0.190. The predicted octanol–water partition coefficient (Wildman–Crippen LogP) is 4.13. The first-order chi connectivity index (χ1) is 13.5. The molecule has 1 amide bonds. The molecule has 0 atom stereocenters. The Morgan fingerprint density at radius 2 is 1.79 bits per heavy atom. The smallest absolute Gasteiger partial charge is 0.274 e. The average molecular weight is 376 g/mol. The first-order valence-electron chi connectivity index (χ1n) is 8.89. The van der Waals surface area contributed by atoms with Crippen molar-refractivity contribution in [3.8, 4) is 11.5 Å². The van der Waals surface area contributed by atoms with Gasteiger partial charge in [-0.25, -0.2) is 9.97 Å². The van der Waals surface area contributed by atoms with Gasteiger partial charge in [-0.2, -0.15) is 0 Å². The van der Waals surface area contributed by atoms with Crippen molar-refractivity contribution in [2.75, 3.05) is 17.4 Å². The van der Waals surface area contributed by atoms with E-state index in [1.54, 1.807) is 6.07 Å². The van der Waals surface area contributed by atoms with Crippen molar-refractivity contribution in [1.82, 2.24) is 9.97 Å². The van der Waals surface area contributed by atoms with Crippen molar-refractivity contribution in [3.05, 3.63) is 65.0 Å². The number of nitrogens with one attached hydrogen (secondary N) is 2. The molecule has 0 fully saturated rings. The number of anilines is 3. The lowest BCUT2D eigenvalue weighted by molar-refractivity contribution is 0.102. The van der Waals surface area contributed by atoms with Gasteiger partial charge >= 0.3 is 0 Å². The Morgan fingerprint density at radius 3 is 2.64 bits per heavy atom. The van der Waals surface area contributed by atoms with Crippen LogP contribution in [0.15, 0.2) is 42.5 Å². The van der Waals surface area contributed by atoms with Crippen LogP contribution in [0, 0.1) is 20.8 Å². The summed E-state index contributed by atoms with van der Waals surface area (Å²) in [5.74, 6) is 1.41. The zero-order valence-electron chi connectivity index (χ0n) is 15.9. The lowest BCUT2D eigenvalue weighted by Crippen LogP contribution is -2.16. The summed E-state index contributed by atoms with van der Waals surface area (Å²) in [6, 6.07) is 13.0. The van der Waals surface area contributed by atoms with Crippen LogP contribution in [0.3, 0.4) is 0 Å². The quantitative estimate of drug-likeness (QED) is 0.712. The van der Waals surface area contributed by atoms with Crippen LogP contribution in [0.25, 0.3) is 0 Å². The van der Waals surface area contributed by atoms with E-state index in [0.29, 0.717) is 23.1 Å². The summed E-state index contributed by atoms with van der Waals surface area (Å²) in [6.45, 7) is 5.97. The van der Waals surface area contributed by atoms with Crippen molar-refractivity contribution < 1.29 is 14.3 Å². The van der Waals surface area contributed by atoms with Crippen molar-refractivity contribution in [2.24, 2.45) is 0 Å². The number of fused-ring (bicyclic) bond motifs is 1. The second-order valence-corrected chi connectivity index (χ2v) is 6.68. The third-order valence-electron chi connectivity index (χ3n) is 4.36. The van der Waals surface area contributed by atoms with Gasteiger partial charge in [0, 0.05) is 23.1 Å². The molecule has 3 aromatic rings. The van der Waals surface area contributed by atoms with E-state index in [1.807, 2.05) is 57.2 Å². The molecule has 4 rings (SSSR count). The lowest BCUT2D eigenvalue weighted by Gasteiger charge is -2.11. The number of amides is 1. The molecule has 28 heavy (non-hydrogen) atoms. The van der Waals surface area contributed by atoms with Crippen LogP contribution in [-0.4, -0.2) is 22.7 Å². The molecule has 1 aliphatic rings. The summed E-state index contributed by atoms with van der Waals surface area (Å²) in [6.07, 6.45) is 0. The fourth-order valence-corrected chi connectivity index (χ4v) is 2.90. The third kappa shape index (κ3) is 3.73. The van der Waals surface area contributed by atoms with E-state index in [-0.39, 0.29) is 18.4 Å². The zero-order chi connectivity index (χ0) is 19.7. The Bertz CT molecular complexity index is 1070. The highest BCUT2D eigenvalue weighted by molar-refractivity contribution is 6.03. The lowest BCUT2D eigenvalue weighted by atomic mass is 10.1. The van der Waals surface area contributed by atoms with Crippen molar-refractivity contribution in [3.63, 3.8) is 0 Å². The molecule has 1 aromatic heterocycles. The predicted molar refractivity (Wildman–Crippen MR) is 106 cm³/mol. The first kappa shape index (κ1) is 17.8. The zero-order valence-corrected chi connectivity index (χ0v) is 15.9. The molecule has 0 radical (unpaired) electrons. The molecule has 2 N–H and O–H groups in total. The highest BCUT2D eigenvalue weighted by Crippen LogP contribution is 2.34. The SMILES string of the molecule is Cc1ccc(C)c(NC(=O)c2cc(C)nc(Nc3ccc4c(c3)OCO4)n2)c1. The number of hydrogen-bond acceptors (Lipinski definition) is 6. The van der Waals surface area contributed by atoms with Gasteiger partial charge in [0.15, 0.2) is 11.5 Å². The Hall–Kier alpha value is -3.61. The average Bonchev–Trinajstić information content (AvgIpc) is 3.12. The summed E-state index contributed by atoms with van der Waals surface area (Å²) in [4.78, 5) is 21.5. The first-order valence-corrected chi connectivity index (χ1v) is 8.89. The molecular formula is C21H20N4O3. The van der Waals surface area contributed by atoms with Gasteiger partial charge in [0.05, 0.1) is 0 Å². The highest BCUT2D eigenvalue weighted by Gasteiger charge is 2.15. The summed E-state index contributed by atoms with van der Waals surface area (Å²) < 4.78 is 10.7. The number of carbonyl (C=O) groups is 1. The number of benzene rings is 2. The molecule has 2 aromatic carbocycles. The molecule has 0 saturated heterocycles. The van der Waals surface area contributed by atoms with E-state index in [0.717, 1.165) is 22.5 Å². The van der Waals surface area contributed by atoms with Crippen LogP contribution >= 0.6 is 0 Å². The van der Waals surface area contributed by atoms with Gasteiger partial charge in [-0.05, 0) is 56.2 Å². The summed E-state index contributed by atoms with van der Waals surface area (Å²) in [5.41, 5.74) is 4.55. The minimum atomic E-state index is -0.284. The molecular weight excluding hydrogens is 356 g/mol. The van der Waals surface area contributed by atoms with E-state index in [4.69, 9.17) is 9.47 Å². The van der Waals surface area contributed by atoms with Gasteiger partial charge in [0.1, 0.15) is 5.69 Å². The standard InChI is InChI=1S/C21H20N4O3/c1-12-4-5-13(2)16(8-12)24-20(26)17-9-14(3)22-21(25-17)23-15-6-7-18-19(10-15)28-11-27-18/h4-10H,11H2,1-3H3,(H,24,26)(H,22,23,25). The molecule has 0 unspecified atom stereocenters. The van der Waals surface area contributed by atoms with Gasteiger partial charge in [0.25, 0.3) is 5.91 Å². The maximum Gasteiger partial charge on any atom is 0.274 e. The topological polar surface area (TPSA) is 85.4 Å². The molecule has 0 aliphatic carbocycles. The maximum absolute atomic E-state index is 12.7. The Balaban J connectivity index is 1.56. The van der Waals surface area contributed by atoms with Crippen LogP contribution in [0.5, 0.6) is 11.5 Å². The Morgan fingerprint density at radius 1 is 0.964 bits per heavy atom. The van der Waals surface area contributed by atoms with Crippen molar-refractivity contribution >= 4 is 23.2 Å². The number of aromatic nitrogens is 2. The minimum Gasteiger partial charge on any atom is -0.454 e. The number of ether oxygens (including phenoxy) is 2. The summed E-state index contributed by atoms with van der Waals surface area (Å²) >= 11 is 0. The number of hydrogen-bond donors (Lipinski definition) is 2. The van der Waals surface area contributed by atoms with Crippen molar-refractivity contribution in [1.29, 1.82) is 0 Å². The number of rotatable bonds is 4. The van der Waals surface area contributed by atoms with E-state index < -0.39 is 0 Å². The van der Waals surface area contributed by atoms with Gasteiger partial charge in [-0.15, -0.1) is 0 Å². The van der Waals surface area contributed by atoms with Gasteiger partial charge < -0.3 is 20.1 Å². The molecule has 0 saturated carbocycles. The van der Waals surface area contributed by atoms with E-state index >= 15 is 0 Å². The number of carbonyl (C=O) groups excluding carboxylic acids is 1. The highest BCUT2D eigenvalue weighted by atomic mass is 16.7. The fourth-order valence-electron chi connectivity index (χ4n) is 2.90. The van der Waals surface area contributed by atoms with Gasteiger partial charge in [0.2, 0.25) is 12.7 Å². The van der Waals surface area contributed by atoms with Crippen LogP contribution in [0.4, 0.5) is 17.3 Å². The molecule has 1 aliphatic heterocycles. The minimum absolute atomic E-state index is 0.211. The van der Waals surface area contributed by atoms with Gasteiger partial charge in [-0.1, -0.05) is 12.1 Å². The van der Waals surface area contributed by atoms with E-state index in [2.05, 4.69) is 20.6 Å². The molecule has 142 valence electrons. The van der Waals surface area contributed by atoms with Crippen LogP contribution in [0.1, 0.15) is 27.3 Å². The van der Waals surface area contributed by atoms with Crippen molar-refractivity contribution in [2.45, 2.75) is 20.8 Å². The molecule has 0 bridgehead atoms.